The van der Waals surface area contributed by atoms with E-state index in [4.69, 9.17) is 5.26 Å². The summed E-state index contributed by atoms with van der Waals surface area (Å²) in [6.45, 7) is 6.56. The topological polar surface area (TPSA) is 73.1 Å². The fourth-order valence-corrected chi connectivity index (χ4v) is 9.10. The van der Waals surface area contributed by atoms with Crippen LogP contribution in [0.1, 0.15) is 94.5 Å². The van der Waals surface area contributed by atoms with Crippen LogP contribution in [0.5, 0.6) is 0 Å². The van der Waals surface area contributed by atoms with E-state index in [1.165, 1.54) is 50.7 Å². The third-order valence-corrected chi connectivity index (χ3v) is 10.6. The highest BCUT2D eigenvalue weighted by molar-refractivity contribution is 5.94. The summed E-state index contributed by atoms with van der Waals surface area (Å²) in [4.78, 5) is 12.9. The third-order valence-electron chi connectivity index (χ3n) is 10.6. The first-order valence-corrected chi connectivity index (χ1v) is 13.4. The number of aliphatic hydroxyl groups is 1. The molecular weight excluding hydrogens is 427 g/mol. The average Bonchev–Trinajstić information content (AvgIpc) is 3.15. The van der Waals surface area contributed by atoms with Crippen molar-refractivity contribution in [3.63, 3.8) is 0 Å². The van der Waals surface area contributed by atoms with Crippen LogP contribution < -0.4 is 5.32 Å². The molecule has 9 atom stereocenters. The zero-order valence-electron chi connectivity index (χ0n) is 20.8. The number of carbonyl (C=O) groups excluding carboxylic acids is 1. The minimum Gasteiger partial charge on any atom is -0.390 e. The Labute approximate surface area is 203 Å². The van der Waals surface area contributed by atoms with Gasteiger partial charge in [0.1, 0.15) is 5.82 Å². The summed E-state index contributed by atoms with van der Waals surface area (Å²) in [7, 11) is 0. The lowest BCUT2D eigenvalue weighted by molar-refractivity contribution is -0.101. The van der Waals surface area contributed by atoms with E-state index < -0.39 is 11.4 Å². The molecule has 0 aromatic heterocycles. The Morgan fingerprint density at radius 1 is 1.12 bits per heavy atom. The zero-order valence-corrected chi connectivity index (χ0v) is 20.8. The first kappa shape index (κ1) is 23.8. The zero-order chi connectivity index (χ0) is 24.3. The van der Waals surface area contributed by atoms with Crippen LogP contribution in [0.2, 0.25) is 0 Å². The van der Waals surface area contributed by atoms with Crippen molar-refractivity contribution in [1.82, 2.24) is 5.32 Å². The van der Waals surface area contributed by atoms with Gasteiger partial charge in [-0.15, -0.1) is 0 Å². The summed E-state index contributed by atoms with van der Waals surface area (Å²) in [6, 6.07) is 5.95. The summed E-state index contributed by atoms with van der Waals surface area (Å²) >= 11 is 0. The SMILES string of the molecule is C[C@@H](NC(=O)c1ccc(C#N)cc1F)[C@H]1CC[C@H]2[C@@H]3CC[C@@H]4C[C@](C)(O)CC[C@@H]4[C@H]3CC[C@]12C. The number of fused-ring (bicyclic) bond motifs is 5. The first-order chi connectivity index (χ1) is 16.1. The molecule has 1 aromatic carbocycles. The van der Waals surface area contributed by atoms with Crippen molar-refractivity contribution >= 4 is 5.91 Å². The second-order valence-corrected chi connectivity index (χ2v) is 12.5. The Bertz CT molecular complexity index is 1000. The van der Waals surface area contributed by atoms with E-state index in [1.807, 2.05) is 13.0 Å². The van der Waals surface area contributed by atoms with Crippen molar-refractivity contribution in [2.45, 2.75) is 90.2 Å². The number of nitriles is 1. The molecule has 4 aliphatic carbocycles. The van der Waals surface area contributed by atoms with Gasteiger partial charge >= 0.3 is 0 Å². The van der Waals surface area contributed by atoms with Gasteiger partial charge in [-0.1, -0.05) is 6.92 Å². The molecule has 5 rings (SSSR count). The van der Waals surface area contributed by atoms with Crippen molar-refractivity contribution in [3.05, 3.63) is 35.1 Å². The number of halogens is 1. The molecule has 2 N–H and O–H groups in total. The molecule has 4 fully saturated rings. The molecule has 34 heavy (non-hydrogen) atoms. The fourth-order valence-electron chi connectivity index (χ4n) is 9.10. The molecule has 184 valence electrons. The van der Waals surface area contributed by atoms with Gasteiger partial charge in [0.25, 0.3) is 5.91 Å². The number of amides is 1. The van der Waals surface area contributed by atoms with E-state index in [-0.39, 0.29) is 28.5 Å². The van der Waals surface area contributed by atoms with E-state index in [2.05, 4.69) is 19.2 Å². The Morgan fingerprint density at radius 3 is 2.62 bits per heavy atom. The Morgan fingerprint density at radius 2 is 1.88 bits per heavy atom. The molecule has 1 aromatic rings. The highest BCUT2D eigenvalue weighted by atomic mass is 19.1. The lowest BCUT2D eigenvalue weighted by atomic mass is 9.49. The number of rotatable bonds is 3. The van der Waals surface area contributed by atoms with Gasteiger partial charge in [-0.2, -0.15) is 5.26 Å². The quantitative estimate of drug-likeness (QED) is 0.588. The fraction of sp³-hybridized carbons (Fsp3) is 0.724. The van der Waals surface area contributed by atoms with E-state index >= 15 is 0 Å². The van der Waals surface area contributed by atoms with Crippen LogP contribution in [0.15, 0.2) is 18.2 Å². The second kappa shape index (κ2) is 8.63. The van der Waals surface area contributed by atoms with E-state index in [0.29, 0.717) is 17.8 Å². The van der Waals surface area contributed by atoms with Crippen molar-refractivity contribution in [3.8, 4) is 6.07 Å². The van der Waals surface area contributed by atoms with Gasteiger partial charge in [-0.25, -0.2) is 4.39 Å². The standard InChI is InChI=1S/C29H39FN2O2/c1-17(32-27(33)23-6-4-18(16-31)14-26(23)30)24-8-9-25-22-7-5-19-15-28(2,34)12-10-20(19)21(22)11-13-29(24,25)3/h4,6,14,17,19-22,24-25,34H,5,7-13,15H2,1-3H3,(H,32,33)/t17-,19-,20+,21-,22-,24-,25+,28-,29-/m1/s1. The van der Waals surface area contributed by atoms with Crippen molar-refractivity contribution < 1.29 is 14.3 Å². The molecule has 0 spiro atoms. The summed E-state index contributed by atoms with van der Waals surface area (Å²) in [5.41, 5.74) is -0.0241. The molecule has 1 amide bonds. The minimum atomic E-state index is -0.636. The normalized spacial score (nSPS) is 42.0. The number of carbonyl (C=O) groups is 1. The summed E-state index contributed by atoms with van der Waals surface area (Å²) in [5.74, 6) is 3.11. The maximum atomic E-state index is 14.4. The van der Waals surface area contributed by atoms with Crippen molar-refractivity contribution in [2.75, 3.05) is 0 Å². The Hall–Kier alpha value is -1.93. The largest absolute Gasteiger partial charge is 0.390 e. The average molecular weight is 467 g/mol. The monoisotopic (exact) mass is 466 g/mol. The smallest absolute Gasteiger partial charge is 0.254 e. The van der Waals surface area contributed by atoms with Crippen molar-refractivity contribution in [1.29, 1.82) is 5.26 Å². The van der Waals surface area contributed by atoms with Gasteiger partial charge < -0.3 is 10.4 Å². The second-order valence-electron chi connectivity index (χ2n) is 12.5. The highest BCUT2D eigenvalue weighted by Crippen LogP contribution is 2.65. The molecule has 0 saturated heterocycles. The minimum absolute atomic E-state index is 0.0146. The number of nitrogens with zero attached hydrogens (tertiary/aromatic N) is 1. The first-order valence-electron chi connectivity index (χ1n) is 13.4. The van der Waals surface area contributed by atoms with E-state index in [0.717, 1.165) is 43.1 Å². The molecule has 4 nitrogen and oxygen atoms in total. The van der Waals surface area contributed by atoms with Crippen LogP contribution in [-0.2, 0) is 0 Å². The Kier molecular flexibility index (Phi) is 6.04. The number of hydrogen-bond acceptors (Lipinski definition) is 3. The van der Waals surface area contributed by atoms with Gasteiger partial charge in [0.15, 0.2) is 0 Å². The maximum absolute atomic E-state index is 14.4. The maximum Gasteiger partial charge on any atom is 0.254 e. The van der Waals surface area contributed by atoms with Crippen LogP contribution in [0.3, 0.4) is 0 Å². The van der Waals surface area contributed by atoms with E-state index in [9.17, 15) is 14.3 Å². The third kappa shape index (κ3) is 3.96. The molecule has 5 heteroatoms. The molecule has 0 bridgehead atoms. The lowest BCUT2D eigenvalue weighted by Gasteiger charge is -2.57. The van der Waals surface area contributed by atoms with Gasteiger partial charge in [0.2, 0.25) is 0 Å². The molecule has 0 unspecified atom stereocenters. The van der Waals surface area contributed by atoms with E-state index in [1.54, 1.807) is 0 Å². The molecule has 4 aliphatic rings. The van der Waals surface area contributed by atoms with Gasteiger partial charge in [0, 0.05) is 6.04 Å². The van der Waals surface area contributed by atoms with Gasteiger partial charge in [0.05, 0.1) is 22.8 Å². The van der Waals surface area contributed by atoms with Crippen LogP contribution in [0, 0.1) is 58.1 Å². The molecule has 0 aliphatic heterocycles. The molecular formula is C29H39FN2O2. The van der Waals surface area contributed by atoms with Crippen molar-refractivity contribution in [2.24, 2.45) is 40.9 Å². The summed E-state index contributed by atoms with van der Waals surface area (Å²) < 4.78 is 14.4. The predicted molar refractivity (Wildman–Crippen MR) is 129 cm³/mol. The predicted octanol–water partition coefficient (Wildman–Crippen LogP) is 5.84. The van der Waals surface area contributed by atoms with Gasteiger partial charge in [-0.3, -0.25) is 4.79 Å². The molecule has 0 heterocycles. The summed E-state index contributed by atoms with van der Waals surface area (Å²) in [5, 5.41) is 22.7. The van der Waals surface area contributed by atoms with Crippen LogP contribution >= 0.6 is 0 Å². The lowest BCUT2D eigenvalue weighted by Crippen LogP contribution is -2.52. The summed E-state index contributed by atoms with van der Waals surface area (Å²) in [6.07, 6.45) is 10.4. The molecule has 4 saturated carbocycles. The number of nitrogens with one attached hydrogen (secondary N) is 1. The van der Waals surface area contributed by atoms with Crippen LogP contribution in [-0.4, -0.2) is 22.7 Å². The van der Waals surface area contributed by atoms with Crippen LogP contribution in [0.25, 0.3) is 0 Å². The Balaban J connectivity index is 1.28. The number of benzene rings is 1. The molecule has 0 radical (unpaired) electrons. The highest BCUT2D eigenvalue weighted by Gasteiger charge is 2.58. The number of hydrogen-bond donors (Lipinski definition) is 2. The van der Waals surface area contributed by atoms with Gasteiger partial charge in [-0.05, 0) is 131 Å². The van der Waals surface area contributed by atoms with Crippen LogP contribution in [0.4, 0.5) is 4.39 Å².